The highest BCUT2D eigenvalue weighted by atomic mass is 16.5. The molecular weight excluding hydrogens is 396 g/mol. The van der Waals surface area contributed by atoms with Crippen molar-refractivity contribution in [3.8, 4) is 17.1 Å². The Morgan fingerprint density at radius 3 is 2.87 bits per heavy atom. The first kappa shape index (κ1) is 20.3. The van der Waals surface area contributed by atoms with E-state index in [0.29, 0.717) is 23.6 Å². The van der Waals surface area contributed by atoms with Crippen LogP contribution in [0.25, 0.3) is 22.3 Å². The zero-order chi connectivity index (χ0) is 21.8. The molecule has 0 unspecified atom stereocenters. The van der Waals surface area contributed by atoms with Crippen LogP contribution in [0.4, 0.5) is 5.69 Å². The van der Waals surface area contributed by atoms with Gasteiger partial charge in [-0.2, -0.15) is 4.98 Å². The fraction of sp³-hybridized carbons (Fsp3) is 0.217. The van der Waals surface area contributed by atoms with E-state index in [4.69, 9.17) is 9.26 Å². The van der Waals surface area contributed by atoms with Gasteiger partial charge in [0.05, 0.1) is 17.9 Å². The summed E-state index contributed by atoms with van der Waals surface area (Å²) in [5.74, 6) is 0.892. The molecule has 31 heavy (non-hydrogen) atoms. The van der Waals surface area contributed by atoms with Crippen molar-refractivity contribution in [2.75, 3.05) is 11.9 Å². The zero-order valence-electron chi connectivity index (χ0n) is 17.3. The molecule has 0 atom stereocenters. The van der Waals surface area contributed by atoms with Crippen molar-refractivity contribution in [3.05, 3.63) is 70.3 Å². The third-order valence-corrected chi connectivity index (χ3v) is 4.74. The van der Waals surface area contributed by atoms with Gasteiger partial charge < -0.3 is 19.6 Å². The van der Waals surface area contributed by atoms with Crippen LogP contribution in [0.2, 0.25) is 0 Å². The van der Waals surface area contributed by atoms with Crippen LogP contribution in [0.5, 0.6) is 5.75 Å². The Bertz CT molecular complexity index is 1290. The number of rotatable bonds is 7. The largest absolute Gasteiger partial charge is 0.492 e. The molecule has 2 N–H and O–H groups in total. The number of pyridine rings is 1. The van der Waals surface area contributed by atoms with Crippen LogP contribution in [-0.2, 0) is 11.2 Å². The van der Waals surface area contributed by atoms with Crippen molar-refractivity contribution in [2.45, 2.75) is 26.7 Å². The highest BCUT2D eigenvalue weighted by Gasteiger charge is 2.15. The van der Waals surface area contributed by atoms with Crippen molar-refractivity contribution in [3.63, 3.8) is 0 Å². The highest BCUT2D eigenvalue weighted by molar-refractivity contribution is 5.92. The van der Waals surface area contributed by atoms with Gasteiger partial charge in [0.15, 0.2) is 0 Å². The first-order valence-corrected chi connectivity index (χ1v) is 10.0. The van der Waals surface area contributed by atoms with Gasteiger partial charge in [-0.15, -0.1) is 0 Å². The molecule has 0 aliphatic rings. The summed E-state index contributed by atoms with van der Waals surface area (Å²) in [6.07, 6.45) is 0.398. The number of para-hydroxylation sites is 2. The summed E-state index contributed by atoms with van der Waals surface area (Å²) in [6.45, 7) is 4.37. The second-order valence-corrected chi connectivity index (χ2v) is 7.09. The standard InChI is InChI=1S/C23H22N4O4/c1-3-30-19-7-5-4-6-18(19)24-20(28)10-11-21-26-22(27-31-21)16-13-15-12-14(2)8-9-17(15)25-23(16)29/h4-9,12-13H,3,10-11H2,1-2H3,(H,24,28)(H,25,29). The quantitative estimate of drug-likeness (QED) is 0.472. The number of hydrogen-bond donors (Lipinski definition) is 2. The topological polar surface area (TPSA) is 110 Å². The van der Waals surface area contributed by atoms with Crippen LogP contribution in [0, 0.1) is 6.92 Å². The van der Waals surface area contributed by atoms with Gasteiger partial charge in [0, 0.05) is 18.4 Å². The Morgan fingerprint density at radius 2 is 2.03 bits per heavy atom. The minimum Gasteiger partial charge on any atom is -0.492 e. The second kappa shape index (κ2) is 8.83. The van der Waals surface area contributed by atoms with Crippen molar-refractivity contribution in [1.29, 1.82) is 0 Å². The number of carbonyl (C=O) groups is 1. The summed E-state index contributed by atoms with van der Waals surface area (Å²) in [4.78, 5) is 31.9. The van der Waals surface area contributed by atoms with Crippen molar-refractivity contribution < 1.29 is 14.1 Å². The average molecular weight is 418 g/mol. The second-order valence-electron chi connectivity index (χ2n) is 7.09. The fourth-order valence-corrected chi connectivity index (χ4v) is 3.24. The summed E-state index contributed by atoms with van der Waals surface area (Å²) < 4.78 is 10.8. The van der Waals surface area contributed by atoms with Crippen molar-refractivity contribution in [1.82, 2.24) is 15.1 Å². The number of anilines is 1. The summed E-state index contributed by atoms with van der Waals surface area (Å²) in [7, 11) is 0. The lowest BCUT2D eigenvalue weighted by molar-refractivity contribution is -0.116. The molecule has 0 aliphatic carbocycles. The van der Waals surface area contributed by atoms with E-state index < -0.39 is 0 Å². The Balaban J connectivity index is 1.45. The molecule has 1 amide bonds. The van der Waals surface area contributed by atoms with Gasteiger partial charge in [-0.05, 0) is 49.6 Å². The molecule has 2 heterocycles. The van der Waals surface area contributed by atoms with Crippen LogP contribution in [0.1, 0.15) is 24.8 Å². The van der Waals surface area contributed by atoms with Gasteiger partial charge in [0.1, 0.15) is 5.75 Å². The summed E-state index contributed by atoms with van der Waals surface area (Å²) >= 11 is 0. The van der Waals surface area contributed by atoms with Crippen LogP contribution < -0.4 is 15.6 Å². The molecule has 0 bridgehead atoms. The number of benzene rings is 2. The van der Waals surface area contributed by atoms with E-state index in [9.17, 15) is 9.59 Å². The van der Waals surface area contributed by atoms with E-state index in [1.165, 1.54) is 0 Å². The van der Waals surface area contributed by atoms with E-state index in [2.05, 4.69) is 20.4 Å². The van der Waals surface area contributed by atoms with Crippen molar-refractivity contribution in [2.24, 2.45) is 0 Å². The summed E-state index contributed by atoms with van der Waals surface area (Å²) in [5.41, 5.74) is 2.46. The van der Waals surface area contributed by atoms with Crippen LogP contribution in [0.15, 0.2) is 57.8 Å². The number of fused-ring (bicyclic) bond motifs is 1. The number of nitrogens with one attached hydrogen (secondary N) is 2. The Labute approximate surface area is 178 Å². The number of H-pyrrole nitrogens is 1. The highest BCUT2D eigenvalue weighted by Crippen LogP contribution is 2.24. The smallest absolute Gasteiger partial charge is 0.259 e. The number of aromatic nitrogens is 3. The predicted octanol–water partition coefficient (Wildman–Crippen LogP) is 3.86. The average Bonchev–Trinajstić information content (AvgIpc) is 3.22. The number of aromatic amines is 1. The molecule has 4 aromatic rings. The Hall–Kier alpha value is -3.94. The first-order chi connectivity index (χ1) is 15.0. The maximum Gasteiger partial charge on any atom is 0.259 e. The van der Waals surface area contributed by atoms with Gasteiger partial charge >= 0.3 is 0 Å². The van der Waals surface area contributed by atoms with E-state index in [0.717, 1.165) is 16.5 Å². The van der Waals surface area contributed by atoms with Crippen LogP contribution in [0.3, 0.4) is 0 Å². The number of hydrogen-bond acceptors (Lipinski definition) is 6. The lowest BCUT2D eigenvalue weighted by Crippen LogP contribution is -2.13. The molecule has 0 spiro atoms. The zero-order valence-corrected chi connectivity index (χ0v) is 17.3. The number of nitrogens with zero attached hydrogens (tertiary/aromatic N) is 2. The Morgan fingerprint density at radius 1 is 1.19 bits per heavy atom. The molecule has 0 aliphatic heterocycles. The third kappa shape index (κ3) is 4.63. The number of amides is 1. The van der Waals surface area contributed by atoms with E-state index in [-0.39, 0.29) is 36.0 Å². The number of aryl methyl sites for hydroxylation is 2. The van der Waals surface area contributed by atoms with Gasteiger partial charge in [-0.3, -0.25) is 9.59 Å². The molecule has 0 radical (unpaired) electrons. The first-order valence-electron chi connectivity index (χ1n) is 10.0. The SMILES string of the molecule is CCOc1ccccc1NC(=O)CCc1nc(-c2cc3cc(C)ccc3[nH]c2=O)no1. The normalized spacial score (nSPS) is 10.9. The molecule has 0 saturated heterocycles. The lowest BCUT2D eigenvalue weighted by Gasteiger charge is -2.10. The van der Waals surface area contributed by atoms with E-state index in [1.54, 1.807) is 18.2 Å². The number of carbonyl (C=O) groups excluding carboxylic acids is 1. The molecular formula is C23H22N4O4. The third-order valence-electron chi connectivity index (χ3n) is 4.74. The molecule has 2 aromatic carbocycles. The molecule has 4 rings (SSSR count). The minimum atomic E-state index is -0.297. The Kier molecular flexibility index (Phi) is 5.79. The minimum absolute atomic E-state index is 0.148. The molecule has 0 fully saturated rings. The van der Waals surface area contributed by atoms with Crippen molar-refractivity contribution >= 4 is 22.5 Å². The predicted molar refractivity (Wildman–Crippen MR) is 117 cm³/mol. The maximum atomic E-state index is 12.4. The summed E-state index contributed by atoms with van der Waals surface area (Å²) in [5, 5.41) is 7.63. The van der Waals surface area contributed by atoms with Gasteiger partial charge in [-0.25, -0.2) is 0 Å². The fourth-order valence-electron chi connectivity index (χ4n) is 3.24. The van der Waals surface area contributed by atoms with E-state index in [1.807, 2.05) is 44.2 Å². The van der Waals surface area contributed by atoms with Crippen LogP contribution in [-0.4, -0.2) is 27.6 Å². The lowest BCUT2D eigenvalue weighted by atomic mass is 10.1. The molecule has 2 aromatic heterocycles. The van der Waals surface area contributed by atoms with E-state index >= 15 is 0 Å². The molecule has 8 nitrogen and oxygen atoms in total. The number of ether oxygens (including phenoxy) is 1. The van der Waals surface area contributed by atoms with Gasteiger partial charge in [-0.1, -0.05) is 28.9 Å². The monoisotopic (exact) mass is 418 g/mol. The molecule has 158 valence electrons. The molecule has 0 saturated carbocycles. The van der Waals surface area contributed by atoms with Gasteiger partial charge in [0.2, 0.25) is 17.6 Å². The maximum absolute atomic E-state index is 12.4. The summed E-state index contributed by atoms with van der Waals surface area (Å²) in [6, 6.07) is 14.8. The molecule has 8 heteroatoms. The van der Waals surface area contributed by atoms with Gasteiger partial charge in [0.25, 0.3) is 5.56 Å². The van der Waals surface area contributed by atoms with Crippen LogP contribution >= 0.6 is 0 Å².